The van der Waals surface area contributed by atoms with Crippen molar-refractivity contribution in [1.29, 1.82) is 0 Å². The zero-order valence-corrected chi connectivity index (χ0v) is 14.7. The predicted molar refractivity (Wildman–Crippen MR) is 88.2 cm³/mol. The van der Waals surface area contributed by atoms with Gasteiger partial charge in [-0.15, -0.1) is 0 Å². The molecule has 0 atom stereocenters. The van der Waals surface area contributed by atoms with Crippen molar-refractivity contribution in [3.05, 3.63) is 48.2 Å². The number of nitrogens with zero attached hydrogens (tertiary/aromatic N) is 1. The molecular weight excluding hydrogens is 351 g/mol. The normalized spacial score (nSPS) is 11.3. The number of nitrogens with one attached hydrogen (secondary N) is 1. The van der Waals surface area contributed by atoms with Crippen LogP contribution in [0.1, 0.15) is 5.76 Å². The first kappa shape index (κ1) is 18.9. The van der Waals surface area contributed by atoms with Crippen LogP contribution in [0.15, 0.2) is 45.9 Å². The minimum atomic E-state index is -3.86. The summed E-state index contributed by atoms with van der Waals surface area (Å²) in [5, 5.41) is 0. The van der Waals surface area contributed by atoms with Gasteiger partial charge in [0.1, 0.15) is 5.76 Å². The fourth-order valence-corrected chi connectivity index (χ4v) is 2.92. The molecule has 136 valence electrons. The third-order valence-electron chi connectivity index (χ3n) is 3.31. The fraction of sp³-hybridized carbons (Fsp3) is 0.312. The molecule has 7 nitrogen and oxygen atoms in total. The second kappa shape index (κ2) is 8.13. The summed E-state index contributed by atoms with van der Waals surface area (Å²) in [6.07, 6.45) is 1.88. The molecule has 0 aliphatic heterocycles. The van der Waals surface area contributed by atoms with E-state index in [0.29, 0.717) is 12.2 Å². The van der Waals surface area contributed by atoms with Crippen molar-refractivity contribution in [1.82, 2.24) is 9.62 Å². The van der Waals surface area contributed by atoms with Gasteiger partial charge < -0.3 is 14.1 Å². The second-order valence-corrected chi connectivity index (χ2v) is 7.16. The van der Waals surface area contributed by atoms with E-state index in [2.05, 4.69) is 4.72 Å². The number of furan rings is 1. The van der Waals surface area contributed by atoms with Crippen molar-refractivity contribution in [2.24, 2.45) is 0 Å². The molecule has 0 aliphatic rings. The van der Waals surface area contributed by atoms with Crippen LogP contribution in [-0.2, 0) is 21.2 Å². The van der Waals surface area contributed by atoms with Crippen molar-refractivity contribution >= 4 is 15.9 Å². The van der Waals surface area contributed by atoms with Crippen LogP contribution in [0.4, 0.5) is 4.39 Å². The fourth-order valence-electron chi connectivity index (χ4n) is 1.88. The molecule has 0 aliphatic carbocycles. The molecule has 0 fully saturated rings. The van der Waals surface area contributed by atoms with Gasteiger partial charge in [0.25, 0.3) is 5.91 Å². The number of likely N-dealkylation sites (N-methyl/N-ethyl adjacent to an activating group) is 1. The summed E-state index contributed by atoms with van der Waals surface area (Å²) in [5.41, 5.74) is 0. The second-order valence-electron chi connectivity index (χ2n) is 5.40. The number of carbonyl (C=O) groups excluding carboxylic acids is 1. The molecule has 0 radical (unpaired) electrons. The summed E-state index contributed by atoms with van der Waals surface area (Å²) >= 11 is 0. The molecule has 9 heteroatoms. The Bertz CT molecular complexity index is 819. The highest BCUT2D eigenvalue weighted by Crippen LogP contribution is 2.21. The number of sulfonamides is 1. The molecule has 2 aromatic rings. The Morgan fingerprint density at radius 3 is 2.68 bits per heavy atom. The Morgan fingerprint density at radius 2 is 2.08 bits per heavy atom. The number of ether oxygens (including phenoxy) is 1. The highest BCUT2D eigenvalue weighted by Gasteiger charge is 2.17. The van der Waals surface area contributed by atoms with Gasteiger partial charge in [0.15, 0.2) is 18.2 Å². The summed E-state index contributed by atoms with van der Waals surface area (Å²) in [4.78, 5) is 12.5. The molecule has 1 aromatic heterocycles. The van der Waals surface area contributed by atoms with Crippen LogP contribution in [0, 0.1) is 5.82 Å². The number of rotatable bonds is 8. The zero-order valence-electron chi connectivity index (χ0n) is 13.9. The molecule has 0 saturated carbocycles. The lowest BCUT2D eigenvalue weighted by Gasteiger charge is -2.12. The van der Waals surface area contributed by atoms with Crippen LogP contribution in [0.25, 0.3) is 0 Å². The summed E-state index contributed by atoms with van der Waals surface area (Å²) in [7, 11) is -0.764. The zero-order chi connectivity index (χ0) is 18.4. The molecule has 25 heavy (non-hydrogen) atoms. The quantitative estimate of drug-likeness (QED) is 0.759. The molecule has 0 bridgehead atoms. The van der Waals surface area contributed by atoms with Crippen molar-refractivity contribution in [2.75, 3.05) is 27.2 Å². The molecule has 0 unspecified atom stereocenters. The lowest BCUT2D eigenvalue weighted by atomic mass is 10.3. The minimum absolute atomic E-state index is 0.118. The summed E-state index contributed by atoms with van der Waals surface area (Å²) < 4.78 is 50.9. The van der Waals surface area contributed by atoms with E-state index >= 15 is 0 Å². The Labute approximate surface area is 145 Å². The van der Waals surface area contributed by atoms with Crippen LogP contribution in [0.5, 0.6) is 5.75 Å². The topological polar surface area (TPSA) is 88.8 Å². The van der Waals surface area contributed by atoms with Gasteiger partial charge in [0.2, 0.25) is 10.0 Å². The molecule has 1 amide bonds. The molecule has 1 heterocycles. The molecule has 1 N–H and O–H groups in total. The van der Waals surface area contributed by atoms with E-state index in [4.69, 9.17) is 9.15 Å². The standard InChI is InChI=1S/C16H19FN2O5S/c1-19(2)16(20)11-24-15-6-5-13(10-14(15)17)25(21,22)18-8-7-12-4-3-9-23-12/h3-6,9-10,18H,7-8,11H2,1-2H3. The first-order chi connectivity index (χ1) is 11.8. The van der Waals surface area contributed by atoms with E-state index in [1.165, 1.54) is 23.3 Å². The van der Waals surface area contributed by atoms with E-state index in [1.807, 2.05) is 0 Å². The van der Waals surface area contributed by atoms with Crippen molar-refractivity contribution in [2.45, 2.75) is 11.3 Å². The van der Waals surface area contributed by atoms with E-state index in [-0.39, 0.29) is 29.7 Å². The Balaban J connectivity index is 1.98. The van der Waals surface area contributed by atoms with Gasteiger partial charge >= 0.3 is 0 Å². The number of halogens is 1. The third-order valence-corrected chi connectivity index (χ3v) is 4.77. The molecule has 0 saturated heterocycles. The highest BCUT2D eigenvalue weighted by atomic mass is 32.2. The van der Waals surface area contributed by atoms with Gasteiger partial charge in [-0.1, -0.05) is 0 Å². The van der Waals surface area contributed by atoms with Gasteiger partial charge in [-0.2, -0.15) is 0 Å². The number of carbonyl (C=O) groups is 1. The maximum absolute atomic E-state index is 14.0. The average molecular weight is 370 g/mol. The average Bonchev–Trinajstić information content (AvgIpc) is 3.06. The lowest BCUT2D eigenvalue weighted by molar-refractivity contribution is -0.130. The predicted octanol–water partition coefficient (Wildman–Crippen LogP) is 1.41. The van der Waals surface area contributed by atoms with Gasteiger partial charge in [-0.3, -0.25) is 4.79 Å². The first-order valence-electron chi connectivity index (χ1n) is 7.44. The Morgan fingerprint density at radius 1 is 1.32 bits per heavy atom. The molecular formula is C16H19FN2O5S. The van der Waals surface area contributed by atoms with Crippen LogP contribution in [-0.4, -0.2) is 46.5 Å². The number of amides is 1. The Hall–Kier alpha value is -2.39. The number of benzene rings is 1. The van der Waals surface area contributed by atoms with Crippen molar-refractivity contribution in [3.8, 4) is 5.75 Å². The third kappa shape index (κ3) is 5.30. The van der Waals surface area contributed by atoms with Crippen LogP contribution >= 0.6 is 0 Å². The van der Waals surface area contributed by atoms with Crippen LogP contribution < -0.4 is 9.46 Å². The van der Waals surface area contributed by atoms with Gasteiger partial charge in [0.05, 0.1) is 11.2 Å². The SMILES string of the molecule is CN(C)C(=O)COc1ccc(S(=O)(=O)NCCc2ccco2)cc1F. The summed E-state index contributed by atoms with van der Waals surface area (Å²) in [6, 6.07) is 6.69. The highest BCUT2D eigenvalue weighted by molar-refractivity contribution is 7.89. The maximum atomic E-state index is 14.0. The van der Waals surface area contributed by atoms with E-state index in [0.717, 1.165) is 6.07 Å². The van der Waals surface area contributed by atoms with Gasteiger partial charge in [-0.05, 0) is 30.3 Å². The maximum Gasteiger partial charge on any atom is 0.259 e. The van der Waals surface area contributed by atoms with Crippen molar-refractivity contribution < 1.29 is 26.8 Å². The lowest BCUT2D eigenvalue weighted by Crippen LogP contribution is -2.28. The first-order valence-corrected chi connectivity index (χ1v) is 8.92. The minimum Gasteiger partial charge on any atom is -0.481 e. The van der Waals surface area contributed by atoms with Crippen LogP contribution in [0.2, 0.25) is 0 Å². The van der Waals surface area contributed by atoms with E-state index in [9.17, 15) is 17.6 Å². The van der Waals surface area contributed by atoms with Crippen molar-refractivity contribution in [3.63, 3.8) is 0 Å². The summed E-state index contributed by atoms with van der Waals surface area (Å²) in [5.74, 6) is -0.746. The molecule has 2 rings (SSSR count). The van der Waals surface area contributed by atoms with E-state index < -0.39 is 15.8 Å². The largest absolute Gasteiger partial charge is 0.481 e. The smallest absolute Gasteiger partial charge is 0.259 e. The number of hydrogen-bond acceptors (Lipinski definition) is 5. The number of hydrogen-bond donors (Lipinski definition) is 1. The van der Waals surface area contributed by atoms with Gasteiger partial charge in [-0.25, -0.2) is 17.5 Å². The van der Waals surface area contributed by atoms with Gasteiger partial charge in [0, 0.05) is 27.1 Å². The monoisotopic (exact) mass is 370 g/mol. The molecule has 1 aromatic carbocycles. The molecule has 0 spiro atoms. The summed E-state index contributed by atoms with van der Waals surface area (Å²) in [6.45, 7) is -0.218. The Kier molecular flexibility index (Phi) is 6.16. The van der Waals surface area contributed by atoms with E-state index in [1.54, 1.807) is 26.2 Å². The van der Waals surface area contributed by atoms with Crippen LogP contribution in [0.3, 0.4) is 0 Å².